The fraction of sp³-hybridized carbons (Fsp3) is 0.237. The first-order valence-corrected chi connectivity index (χ1v) is 15.6. The monoisotopic (exact) mass is 610 g/mol. The van der Waals surface area contributed by atoms with Crippen LogP contribution in [0.15, 0.2) is 104 Å². The normalized spacial score (nSPS) is 13.4. The maximum absolute atomic E-state index is 14.6. The summed E-state index contributed by atoms with van der Waals surface area (Å²) < 4.78 is 1.81. The SMILES string of the molecule is Cc1nn(C)c(C)c1/C=C/C(=O)N(Cc1ccc(-c2cnccn2)cc1)[C@@H](Cc1ccccc1)C(=O)N1CCc2ccccc2C1. The van der Waals surface area contributed by atoms with Gasteiger partial charge in [-0.05, 0) is 48.6 Å². The summed E-state index contributed by atoms with van der Waals surface area (Å²) in [7, 11) is 1.89. The Kier molecular flexibility index (Phi) is 9.15. The average molecular weight is 611 g/mol. The molecule has 0 unspecified atom stereocenters. The van der Waals surface area contributed by atoms with E-state index in [0.717, 1.165) is 51.3 Å². The van der Waals surface area contributed by atoms with Crippen LogP contribution in [0.5, 0.6) is 0 Å². The molecular weight excluding hydrogens is 572 g/mol. The summed E-state index contributed by atoms with van der Waals surface area (Å²) in [5.41, 5.74) is 8.76. The summed E-state index contributed by atoms with van der Waals surface area (Å²) in [6.07, 6.45) is 9.64. The molecule has 0 N–H and O–H groups in total. The van der Waals surface area contributed by atoms with E-state index in [1.54, 1.807) is 29.6 Å². The maximum Gasteiger partial charge on any atom is 0.247 e. The molecule has 0 bridgehead atoms. The Morgan fingerprint density at radius 2 is 1.65 bits per heavy atom. The molecule has 2 amide bonds. The lowest BCUT2D eigenvalue weighted by molar-refractivity contribution is -0.144. The number of fused-ring (bicyclic) bond motifs is 1. The van der Waals surface area contributed by atoms with Crippen molar-refractivity contribution in [2.24, 2.45) is 7.05 Å². The van der Waals surface area contributed by atoms with Crippen molar-refractivity contribution in [1.82, 2.24) is 29.5 Å². The zero-order chi connectivity index (χ0) is 32.0. The van der Waals surface area contributed by atoms with Crippen molar-refractivity contribution in [2.45, 2.75) is 45.8 Å². The van der Waals surface area contributed by atoms with E-state index in [1.165, 1.54) is 5.56 Å². The van der Waals surface area contributed by atoms with Crippen molar-refractivity contribution in [3.63, 3.8) is 0 Å². The lowest BCUT2D eigenvalue weighted by Crippen LogP contribution is -2.52. The standard InChI is InChI=1S/C38H38N6O2/c1-27-34(28(2)42(3)41-27)17-18-37(45)44(25-30-13-15-32(16-14-30)35-24-39-20-21-40-35)36(23-29-9-5-4-6-10-29)38(46)43-22-19-31-11-7-8-12-33(31)26-43/h4-18,20-21,24,36H,19,22-23,25-26H2,1-3H3/b18-17+/t36-/m0/s1. The number of hydrogen-bond acceptors (Lipinski definition) is 5. The van der Waals surface area contributed by atoms with E-state index in [-0.39, 0.29) is 18.4 Å². The molecule has 1 atom stereocenters. The van der Waals surface area contributed by atoms with E-state index in [0.29, 0.717) is 19.5 Å². The number of carbonyl (C=O) groups is 2. The quantitative estimate of drug-likeness (QED) is 0.199. The summed E-state index contributed by atoms with van der Waals surface area (Å²) in [6.45, 7) is 5.32. The number of benzene rings is 3. The van der Waals surface area contributed by atoms with Crippen LogP contribution in [0.3, 0.4) is 0 Å². The Morgan fingerprint density at radius 1 is 0.913 bits per heavy atom. The summed E-state index contributed by atoms with van der Waals surface area (Å²) >= 11 is 0. The second-order valence-corrected chi connectivity index (χ2v) is 11.8. The van der Waals surface area contributed by atoms with Crippen LogP contribution in [0.2, 0.25) is 0 Å². The third-order valence-corrected chi connectivity index (χ3v) is 8.78. The van der Waals surface area contributed by atoms with Gasteiger partial charge in [-0.2, -0.15) is 5.10 Å². The van der Waals surface area contributed by atoms with Gasteiger partial charge in [0, 0.05) is 68.4 Å². The van der Waals surface area contributed by atoms with Crippen molar-refractivity contribution in [1.29, 1.82) is 0 Å². The molecule has 3 aromatic carbocycles. The topological polar surface area (TPSA) is 84.2 Å². The number of amides is 2. The summed E-state index contributed by atoms with van der Waals surface area (Å²) in [6, 6.07) is 25.5. The van der Waals surface area contributed by atoms with Gasteiger partial charge in [0.2, 0.25) is 11.8 Å². The summed E-state index contributed by atoms with van der Waals surface area (Å²) in [5, 5.41) is 4.50. The predicted octanol–water partition coefficient (Wildman–Crippen LogP) is 5.73. The van der Waals surface area contributed by atoms with Crippen LogP contribution in [-0.4, -0.2) is 53.9 Å². The van der Waals surface area contributed by atoms with Gasteiger partial charge in [0.15, 0.2) is 0 Å². The van der Waals surface area contributed by atoms with Gasteiger partial charge >= 0.3 is 0 Å². The molecule has 3 heterocycles. The highest BCUT2D eigenvalue weighted by Gasteiger charge is 2.34. The molecule has 0 radical (unpaired) electrons. The van der Waals surface area contributed by atoms with Gasteiger partial charge in [-0.15, -0.1) is 0 Å². The van der Waals surface area contributed by atoms with Crippen molar-refractivity contribution in [3.05, 3.63) is 143 Å². The van der Waals surface area contributed by atoms with Crippen LogP contribution in [0.1, 0.15) is 39.2 Å². The van der Waals surface area contributed by atoms with E-state index in [2.05, 4.69) is 27.2 Å². The molecule has 232 valence electrons. The molecule has 2 aromatic heterocycles. The molecule has 5 aromatic rings. The van der Waals surface area contributed by atoms with Crippen molar-refractivity contribution >= 4 is 17.9 Å². The molecule has 0 fully saturated rings. The van der Waals surface area contributed by atoms with Crippen LogP contribution < -0.4 is 0 Å². The second kappa shape index (κ2) is 13.7. The first-order chi connectivity index (χ1) is 22.4. The third-order valence-electron chi connectivity index (χ3n) is 8.78. The highest BCUT2D eigenvalue weighted by molar-refractivity contribution is 5.96. The molecule has 0 aliphatic carbocycles. The highest BCUT2D eigenvalue weighted by Crippen LogP contribution is 2.24. The largest absolute Gasteiger partial charge is 0.336 e. The van der Waals surface area contributed by atoms with Crippen LogP contribution in [0.25, 0.3) is 17.3 Å². The molecule has 1 aliphatic heterocycles. The van der Waals surface area contributed by atoms with Crippen LogP contribution in [-0.2, 0) is 42.6 Å². The lowest BCUT2D eigenvalue weighted by Gasteiger charge is -2.37. The van der Waals surface area contributed by atoms with Crippen molar-refractivity contribution < 1.29 is 9.59 Å². The Hall–Kier alpha value is -5.37. The Bertz CT molecular complexity index is 1850. The van der Waals surface area contributed by atoms with Gasteiger partial charge < -0.3 is 9.80 Å². The Morgan fingerprint density at radius 3 is 2.35 bits per heavy atom. The fourth-order valence-corrected chi connectivity index (χ4v) is 6.11. The average Bonchev–Trinajstić information content (AvgIpc) is 3.34. The highest BCUT2D eigenvalue weighted by atomic mass is 16.2. The lowest BCUT2D eigenvalue weighted by atomic mass is 9.97. The molecule has 0 saturated carbocycles. The number of aryl methyl sites for hydroxylation is 2. The number of hydrogen-bond donors (Lipinski definition) is 0. The zero-order valence-electron chi connectivity index (χ0n) is 26.5. The molecule has 0 spiro atoms. The summed E-state index contributed by atoms with van der Waals surface area (Å²) in [5.74, 6) is -0.280. The molecule has 8 heteroatoms. The first kappa shape index (κ1) is 30.6. The minimum Gasteiger partial charge on any atom is -0.336 e. The number of nitrogens with zero attached hydrogens (tertiary/aromatic N) is 6. The minimum atomic E-state index is -0.708. The van der Waals surface area contributed by atoms with Crippen LogP contribution in [0.4, 0.5) is 0 Å². The Labute approximate surface area is 270 Å². The second-order valence-electron chi connectivity index (χ2n) is 11.8. The fourth-order valence-electron chi connectivity index (χ4n) is 6.11. The van der Waals surface area contributed by atoms with E-state index in [4.69, 9.17) is 0 Å². The van der Waals surface area contributed by atoms with Gasteiger partial charge in [0.1, 0.15) is 6.04 Å². The van der Waals surface area contributed by atoms with Gasteiger partial charge in [0.05, 0.1) is 17.6 Å². The maximum atomic E-state index is 14.6. The number of rotatable bonds is 9. The van der Waals surface area contributed by atoms with Crippen molar-refractivity contribution in [3.8, 4) is 11.3 Å². The van der Waals surface area contributed by atoms with E-state index in [1.807, 2.05) is 103 Å². The number of aromatic nitrogens is 4. The van der Waals surface area contributed by atoms with Gasteiger partial charge in [0.25, 0.3) is 0 Å². The summed E-state index contributed by atoms with van der Waals surface area (Å²) in [4.78, 5) is 41.1. The minimum absolute atomic E-state index is 0.0509. The third kappa shape index (κ3) is 6.81. The van der Waals surface area contributed by atoms with Gasteiger partial charge in [-0.3, -0.25) is 24.2 Å². The Balaban J connectivity index is 1.36. The zero-order valence-corrected chi connectivity index (χ0v) is 26.5. The van der Waals surface area contributed by atoms with Crippen LogP contribution in [0, 0.1) is 13.8 Å². The van der Waals surface area contributed by atoms with Crippen LogP contribution >= 0.6 is 0 Å². The molecule has 0 saturated heterocycles. The molecule has 1 aliphatic rings. The smallest absolute Gasteiger partial charge is 0.247 e. The number of carbonyl (C=O) groups excluding carboxylic acids is 2. The van der Waals surface area contributed by atoms with Gasteiger partial charge in [-0.1, -0.05) is 78.9 Å². The van der Waals surface area contributed by atoms with E-state index < -0.39 is 6.04 Å². The van der Waals surface area contributed by atoms with Crippen molar-refractivity contribution in [2.75, 3.05) is 6.54 Å². The molecule has 6 rings (SSSR count). The molecular formula is C38H38N6O2. The first-order valence-electron chi connectivity index (χ1n) is 15.6. The molecule has 8 nitrogen and oxygen atoms in total. The van der Waals surface area contributed by atoms with E-state index >= 15 is 0 Å². The van der Waals surface area contributed by atoms with E-state index in [9.17, 15) is 9.59 Å². The van der Waals surface area contributed by atoms with Gasteiger partial charge in [-0.25, -0.2) is 0 Å². The molecule has 46 heavy (non-hydrogen) atoms. The predicted molar refractivity (Wildman–Crippen MR) is 179 cm³/mol.